The van der Waals surface area contributed by atoms with Gasteiger partial charge in [-0.05, 0) is 37.4 Å². The molecule has 144 valence electrons. The Morgan fingerprint density at radius 1 is 1.18 bits per heavy atom. The van der Waals surface area contributed by atoms with Gasteiger partial charge < -0.3 is 15.8 Å². The van der Waals surface area contributed by atoms with E-state index in [2.05, 4.69) is 10.4 Å². The molecule has 0 aliphatic rings. The number of hydrogen-bond donors (Lipinski definition) is 2. The van der Waals surface area contributed by atoms with Gasteiger partial charge in [0.25, 0.3) is 11.8 Å². The maximum absolute atomic E-state index is 12.5. The van der Waals surface area contributed by atoms with Crippen LogP contribution in [-0.2, 0) is 9.53 Å². The van der Waals surface area contributed by atoms with E-state index in [-0.39, 0.29) is 5.56 Å². The number of nitrogens with zero attached hydrogens (tertiary/aromatic N) is 2. The normalized spacial score (nSPS) is 10.5. The zero-order chi connectivity index (χ0) is 20.3. The van der Waals surface area contributed by atoms with Gasteiger partial charge in [-0.15, -0.1) is 11.3 Å². The van der Waals surface area contributed by atoms with Crippen molar-refractivity contribution in [3.05, 3.63) is 64.3 Å². The summed E-state index contributed by atoms with van der Waals surface area (Å²) in [5.74, 6) is -1.86. The van der Waals surface area contributed by atoms with Crippen molar-refractivity contribution in [2.24, 2.45) is 5.73 Å². The number of thiophene rings is 1. The first-order valence-electron chi connectivity index (χ1n) is 8.34. The topological polar surface area (TPSA) is 116 Å². The van der Waals surface area contributed by atoms with Crippen LogP contribution in [0.5, 0.6) is 0 Å². The molecule has 3 aromatic rings. The SMILES string of the molecule is Cc1nn(-c2ccccc2)c(C)c1C(=O)OCC(=O)Nc1sccc1C(N)=O. The molecule has 0 spiro atoms. The highest BCUT2D eigenvalue weighted by Gasteiger charge is 2.22. The van der Waals surface area contributed by atoms with E-state index in [0.717, 1.165) is 17.0 Å². The average Bonchev–Trinajstić information content (AvgIpc) is 3.24. The number of amides is 2. The summed E-state index contributed by atoms with van der Waals surface area (Å²) in [5.41, 5.74) is 7.69. The van der Waals surface area contributed by atoms with Crippen molar-refractivity contribution < 1.29 is 19.1 Å². The predicted molar refractivity (Wildman–Crippen MR) is 105 cm³/mol. The van der Waals surface area contributed by atoms with E-state index < -0.39 is 24.4 Å². The van der Waals surface area contributed by atoms with Crippen LogP contribution in [0.3, 0.4) is 0 Å². The fraction of sp³-hybridized carbons (Fsp3) is 0.158. The van der Waals surface area contributed by atoms with Gasteiger partial charge in [-0.1, -0.05) is 18.2 Å². The summed E-state index contributed by atoms with van der Waals surface area (Å²) in [6.07, 6.45) is 0. The van der Waals surface area contributed by atoms with Crippen molar-refractivity contribution in [1.82, 2.24) is 9.78 Å². The summed E-state index contributed by atoms with van der Waals surface area (Å²) in [5, 5.41) is 8.85. The smallest absolute Gasteiger partial charge is 0.342 e. The van der Waals surface area contributed by atoms with Gasteiger partial charge in [-0.2, -0.15) is 5.10 Å². The third-order valence-corrected chi connectivity index (χ3v) is 4.84. The molecule has 0 aliphatic carbocycles. The van der Waals surface area contributed by atoms with Crippen LogP contribution in [0, 0.1) is 13.8 Å². The maximum Gasteiger partial charge on any atom is 0.342 e. The summed E-state index contributed by atoms with van der Waals surface area (Å²) < 4.78 is 6.78. The largest absolute Gasteiger partial charge is 0.452 e. The molecule has 0 atom stereocenters. The first-order valence-corrected chi connectivity index (χ1v) is 9.22. The molecule has 3 rings (SSSR count). The molecule has 0 fully saturated rings. The van der Waals surface area contributed by atoms with E-state index in [1.807, 2.05) is 30.3 Å². The van der Waals surface area contributed by atoms with Crippen LogP contribution in [0.4, 0.5) is 5.00 Å². The average molecular weight is 398 g/mol. The van der Waals surface area contributed by atoms with Crippen LogP contribution in [0.2, 0.25) is 0 Å². The quantitative estimate of drug-likeness (QED) is 0.619. The maximum atomic E-state index is 12.5. The Morgan fingerprint density at radius 3 is 2.57 bits per heavy atom. The number of ether oxygens (including phenoxy) is 1. The lowest BCUT2D eigenvalue weighted by molar-refractivity contribution is -0.119. The molecule has 0 saturated carbocycles. The van der Waals surface area contributed by atoms with Crippen molar-refractivity contribution in [2.75, 3.05) is 11.9 Å². The molecule has 8 nitrogen and oxygen atoms in total. The van der Waals surface area contributed by atoms with Crippen molar-refractivity contribution >= 4 is 34.1 Å². The standard InChI is InChI=1S/C19H18N4O4S/c1-11-16(12(2)23(22-11)13-6-4-3-5-7-13)19(26)27-10-15(24)21-18-14(17(20)25)8-9-28-18/h3-9H,10H2,1-2H3,(H2,20,25)(H,21,24). The van der Waals surface area contributed by atoms with Gasteiger partial charge >= 0.3 is 5.97 Å². The van der Waals surface area contributed by atoms with E-state index in [4.69, 9.17) is 10.5 Å². The second-order valence-corrected chi connectivity index (χ2v) is 6.86. The van der Waals surface area contributed by atoms with E-state index in [1.165, 1.54) is 6.07 Å². The Kier molecular flexibility index (Phi) is 5.55. The number of nitrogens with two attached hydrogens (primary N) is 1. The highest BCUT2D eigenvalue weighted by Crippen LogP contribution is 2.23. The molecule has 1 aromatic carbocycles. The molecule has 0 unspecified atom stereocenters. The Morgan fingerprint density at radius 2 is 1.89 bits per heavy atom. The number of nitrogens with one attached hydrogen (secondary N) is 1. The number of carbonyl (C=O) groups is 3. The third kappa shape index (κ3) is 3.94. The molecule has 2 amide bonds. The van der Waals surface area contributed by atoms with Crippen LogP contribution >= 0.6 is 11.3 Å². The number of esters is 1. The monoisotopic (exact) mass is 398 g/mol. The summed E-state index contributed by atoms with van der Waals surface area (Å²) in [6, 6.07) is 10.9. The molecule has 3 N–H and O–H groups in total. The number of hydrogen-bond acceptors (Lipinski definition) is 6. The Hall–Kier alpha value is -3.46. The molecular weight excluding hydrogens is 380 g/mol. The molecule has 28 heavy (non-hydrogen) atoms. The van der Waals surface area contributed by atoms with Gasteiger partial charge in [0, 0.05) is 0 Å². The van der Waals surface area contributed by atoms with Crippen LogP contribution in [0.15, 0.2) is 41.8 Å². The highest BCUT2D eigenvalue weighted by atomic mass is 32.1. The molecule has 0 aliphatic heterocycles. The molecule has 0 saturated heterocycles. The van der Waals surface area contributed by atoms with E-state index >= 15 is 0 Å². The highest BCUT2D eigenvalue weighted by molar-refractivity contribution is 7.14. The van der Waals surface area contributed by atoms with Gasteiger partial charge in [0.05, 0.1) is 22.6 Å². The molecule has 9 heteroatoms. The Labute approximate surface area is 164 Å². The third-order valence-electron chi connectivity index (χ3n) is 4.01. The number of aryl methyl sites for hydroxylation is 1. The Balaban J connectivity index is 1.68. The van der Waals surface area contributed by atoms with Crippen molar-refractivity contribution in [1.29, 1.82) is 0 Å². The zero-order valence-corrected chi connectivity index (χ0v) is 16.1. The lowest BCUT2D eigenvalue weighted by Gasteiger charge is -2.07. The molecule has 2 heterocycles. The predicted octanol–water partition coefficient (Wildman–Crippen LogP) is 2.45. The number of para-hydroxylation sites is 1. The van der Waals surface area contributed by atoms with Crippen molar-refractivity contribution in [3.8, 4) is 5.69 Å². The molecule has 0 bridgehead atoms. The lowest BCUT2D eigenvalue weighted by Crippen LogP contribution is -2.22. The second kappa shape index (κ2) is 8.05. The summed E-state index contributed by atoms with van der Waals surface area (Å²) >= 11 is 1.16. The van der Waals surface area contributed by atoms with Crippen LogP contribution in [-0.4, -0.2) is 34.2 Å². The van der Waals surface area contributed by atoms with Crippen LogP contribution in [0.1, 0.15) is 32.1 Å². The number of carbonyl (C=O) groups excluding carboxylic acids is 3. The summed E-state index contributed by atoms with van der Waals surface area (Å²) in [4.78, 5) is 35.8. The van der Waals surface area contributed by atoms with Gasteiger partial charge in [-0.25, -0.2) is 9.48 Å². The van der Waals surface area contributed by atoms with Crippen molar-refractivity contribution in [3.63, 3.8) is 0 Å². The summed E-state index contributed by atoms with van der Waals surface area (Å²) in [6.45, 7) is 2.96. The first-order chi connectivity index (χ1) is 13.4. The van der Waals surface area contributed by atoms with E-state index in [1.54, 1.807) is 23.9 Å². The van der Waals surface area contributed by atoms with E-state index in [9.17, 15) is 14.4 Å². The van der Waals surface area contributed by atoms with Crippen LogP contribution < -0.4 is 11.1 Å². The van der Waals surface area contributed by atoms with Gasteiger partial charge in [-0.3, -0.25) is 9.59 Å². The van der Waals surface area contributed by atoms with E-state index in [0.29, 0.717) is 22.0 Å². The molecular formula is C19H18N4O4S. The van der Waals surface area contributed by atoms with Gasteiger partial charge in [0.1, 0.15) is 10.6 Å². The minimum Gasteiger partial charge on any atom is -0.452 e. The number of primary amides is 1. The lowest BCUT2D eigenvalue weighted by atomic mass is 10.2. The van der Waals surface area contributed by atoms with Crippen molar-refractivity contribution in [2.45, 2.75) is 13.8 Å². The first kappa shape index (κ1) is 19.3. The second-order valence-electron chi connectivity index (χ2n) is 5.95. The van der Waals surface area contributed by atoms with Gasteiger partial charge in [0.2, 0.25) is 0 Å². The minimum absolute atomic E-state index is 0.209. The number of anilines is 1. The fourth-order valence-electron chi connectivity index (χ4n) is 2.72. The number of aromatic nitrogens is 2. The number of rotatable bonds is 6. The molecule has 2 aromatic heterocycles. The zero-order valence-electron chi connectivity index (χ0n) is 15.3. The fourth-order valence-corrected chi connectivity index (χ4v) is 3.53. The Bertz CT molecular complexity index is 1040. The minimum atomic E-state index is -0.645. The van der Waals surface area contributed by atoms with Crippen LogP contribution in [0.25, 0.3) is 5.69 Å². The summed E-state index contributed by atoms with van der Waals surface area (Å²) in [7, 11) is 0. The number of benzene rings is 1. The van der Waals surface area contributed by atoms with Gasteiger partial charge in [0.15, 0.2) is 6.61 Å². The molecule has 0 radical (unpaired) electrons.